The first-order valence-electron chi connectivity index (χ1n) is 6.59. The first-order chi connectivity index (χ1) is 9.71. The van der Waals surface area contributed by atoms with Gasteiger partial charge in [0.25, 0.3) is 5.69 Å². The van der Waals surface area contributed by atoms with Gasteiger partial charge >= 0.3 is 5.97 Å². The predicted octanol–water partition coefficient (Wildman–Crippen LogP) is 3.46. The minimum atomic E-state index is -0.532. The lowest BCUT2D eigenvalue weighted by molar-refractivity contribution is -0.385. The monoisotopic (exact) mass is 312 g/mol. The fourth-order valence-electron chi connectivity index (χ4n) is 1.59. The highest BCUT2D eigenvalue weighted by Crippen LogP contribution is 2.28. The highest BCUT2D eigenvalue weighted by atomic mass is 32.2. The number of nitrogens with one attached hydrogen (secondary N) is 1. The molecule has 0 saturated heterocycles. The third-order valence-corrected chi connectivity index (χ3v) is 3.21. The highest BCUT2D eigenvalue weighted by molar-refractivity contribution is 8.00. The third-order valence-electron chi connectivity index (χ3n) is 2.26. The first kappa shape index (κ1) is 17.3. The number of hydrogen-bond donors (Lipinski definition) is 1. The van der Waals surface area contributed by atoms with E-state index in [0.29, 0.717) is 17.1 Å². The molecule has 0 fully saturated rings. The molecule has 0 amide bonds. The van der Waals surface area contributed by atoms with E-state index in [0.717, 1.165) is 0 Å². The fourth-order valence-corrected chi connectivity index (χ4v) is 2.35. The minimum Gasteiger partial charge on any atom is -0.459 e. The third kappa shape index (κ3) is 6.48. The Hall–Kier alpha value is -1.76. The summed E-state index contributed by atoms with van der Waals surface area (Å²) in [5, 5.41) is 13.9. The fraction of sp³-hybridized carbons (Fsp3) is 0.500. The molecule has 0 aliphatic heterocycles. The van der Waals surface area contributed by atoms with Crippen LogP contribution in [0.4, 0.5) is 11.4 Å². The van der Waals surface area contributed by atoms with Crippen molar-refractivity contribution in [1.29, 1.82) is 0 Å². The lowest BCUT2D eigenvalue weighted by Gasteiger charge is -2.19. The number of ether oxygens (including phenoxy) is 1. The van der Waals surface area contributed by atoms with Gasteiger partial charge in [-0.3, -0.25) is 14.9 Å². The normalized spacial score (nSPS) is 11.0. The van der Waals surface area contributed by atoms with Gasteiger partial charge in [0.05, 0.1) is 10.7 Å². The van der Waals surface area contributed by atoms with E-state index in [1.807, 2.05) is 6.92 Å². The van der Waals surface area contributed by atoms with E-state index < -0.39 is 10.5 Å². The summed E-state index contributed by atoms with van der Waals surface area (Å²) in [4.78, 5) is 22.8. The summed E-state index contributed by atoms with van der Waals surface area (Å²) in [6.07, 6.45) is 0. The van der Waals surface area contributed by atoms with Gasteiger partial charge in [-0.25, -0.2) is 0 Å². The van der Waals surface area contributed by atoms with Crippen LogP contribution in [0.3, 0.4) is 0 Å². The zero-order valence-electron chi connectivity index (χ0n) is 12.6. The molecule has 0 bridgehead atoms. The molecule has 0 saturated carbocycles. The van der Waals surface area contributed by atoms with Crippen LogP contribution in [0.5, 0.6) is 0 Å². The number of esters is 1. The molecule has 0 aliphatic carbocycles. The Balaban J connectivity index is 2.78. The van der Waals surface area contributed by atoms with Crippen LogP contribution in [0.1, 0.15) is 27.7 Å². The zero-order valence-corrected chi connectivity index (χ0v) is 13.5. The molecule has 0 unspecified atom stereocenters. The second-order valence-electron chi connectivity index (χ2n) is 5.38. The van der Waals surface area contributed by atoms with Gasteiger partial charge in [0.1, 0.15) is 5.60 Å². The summed E-state index contributed by atoms with van der Waals surface area (Å²) in [6, 6.07) is 4.71. The van der Waals surface area contributed by atoms with Gasteiger partial charge < -0.3 is 10.1 Å². The number of nitro benzene ring substituents is 1. The van der Waals surface area contributed by atoms with Gasteiger partial charge in [0, 0.05) is 29.3 Å². The van der Waals surface area contributed by atoms with Gasteiger partial charge in [0.15, 0.2) is 0 Å². The van der Waals surface area contributed by atoms with Crippen molar-refractivity contribution in [2.75, 3.05) is 17.6 Å². The molecule has 1 N–H and O–H groups in total. The van der Waals surface area contributed by atoms with Crippen LogP contribution in [0, 0.1) is 10.1 Å². The Kier molecular flexibility index (Phi) is 6.02. The number of benzene rings is 1. The maximum absolute atomic E-state index is 11.7. The molecule has 7 heteroatoms. The van der Waals surface area contributed by atoms with Crippen LogP contribution in [0.15, 0.2) is 23.1 Å². The van der Waals surface area contributed by atoms with Crippen molar-refractivity contribution in [2.45, 2.75) is 38.2 Å². The number of nitro groups is 1. The van der Waals surface area contributed by atoms with Gasteiger partial charge in [-0.2, -0.15) is 0 Å². The van der Waals surface area contributed by atoms with Crippen molar-refractivity contribution in [2.24, 2.45) is 0 Å². The number of thioether (sulfide) groups is 1. The summed E-state index contributed by atoms with van der Waals surface area (Å²) < 4.78 is 5.21. The van der Waals surface area contributed by atoms with Gasteiger partial charge in [-0.05, 0) is 33.8 Å². The van der Waals surface area contributed by atoms with E-state index in [4.69, 9.17) is 4.74 Å². The molecule has 6 nitrogen and oxygen atoms in total. The van der Waals surface area contributed by atoms with Crippen LogP contribution in [0.25, 0.3) is 0 Å². The number of non-ortho nitro benzene ring substituents is 1. The van der Waals surface area contributed by atoms with E-state index in [1.165, 1.54) is 23.9 Å². The van der Waals surface area contributed by atoms with E-state index in [9.17, 15) is 14.9 Å². The van der Waals surface area contributed by atoms with Gasteiger partial charge in [-0.15, -0.1) is 11.8 Å². The predicted molar refractivity (Wildman–Crippen MR) is 83.8 cm³/mol. The first-order valence-corrected chi connectivity index (χ1v) is 7.58. The average molecular weight is 312 g/mol. The van der Waals surface area contributed by atoms with Crippen molar-refractivity contribution >= 4 is 29.1 Å². The molecule has 0 atom stereocenters. The number of carbonyl (C=O) groups is 1. The molecular weight excluding hydrogens is 292 g/mol. The Morgan fingerprint density at radius 2 is 2.05 bits per heavy atom. The smallest absolute Gasteiger partial charge is 0.316 e. The average Bonchev–Trinajstić information content (AvgIpc) is 2.34. The summed E-state index contributed by atoms with van der Waals surface area (Å²) in [5.74, 6) is -0.228. The lowest BCUT2D eigenvalue weighted by atomic mass is 10.2. The zero-order chi connectivity index (χ0) is 16.0. The largest absolute Gasteiger partial charge is 0.459 e. The molecule has 1 aromatic carbocycles. The number of hydrogen-bond acceptors (Lipinski definition) is 6. The Morgan fingerprint density at radius 1 is 1.38 bits per heavy atom. The number of nitrogens with zero attached hydrogens (tertiary/aromatic N) is 1. The van der Waals surface area contributed by atoms with Gasteiger partial charge in [0.2, 0.25) is 0 Å². The second kappa shape index (κ2) is 7.31. The maximum atomic E-state index is 11.7. The van der Waals surface area contributed by atoms with E-state index in [2.05, 4.69) is 5.32 Å². The molecule has 0 radical (unpaired) electrons. The second-order valence-corrected chi connectivity index (χ2v) is 6.43. The Labute approximate surface area is 128 Å². The molecule has 0 spiro atoms. The van der Waals surface area contributed by atoms with Gasteiger partial charge in [-0.1, -0.05) is 0 Å². The van der Waals surface area contributed by atoms with Crippen LogP contribution in [-0.4, -0.2) is 28.8 Å². The Morgan fingerprint density at radius 3 is 2.57 bits per heavy atom. The summed E-state index contributed by atoms with van der Waals surface area (Å²) >= 11 is 1.22. The topological polar surface area (TPSA) is 81.5 Å². The van der Waals surface area contributed by atoms with Crippen molar-refractivity contribution in [3.8, 4) is 0 Å². The van der Waals surface area contributed by atoms with Crippen molar-refractivity contribution in [1.82, 2.24) is 0 Å². The summed E-state index contributed by atoms with van der Waals surface area (Å²) in [6.45, 7) is 7.97. The molecule has 0 aliphatic rings. The lowest BCUT2D eigenvalue weighted by Crippen LogP contribution is -2.24. The molecule has 1 aromatic rings. The minimum absolute atomic E-state index is 0.000128. The van der Waals surface area contributed by atoms with Crippen molar-refractivity contribution in [3.05, 3.63) is 28.3 Å². The van der Waals surface area contributed by atoms with Crippen molar-refractivity contribution in [3.63, 3.8) is 0 Å². The summed E-state index contributed by atoms with van der Waals surface area (Å²) in [5.41, 5.74) is 0.133. The standard InChI is InChI=1S/C14H20N2O4S/c1-5-15-10-6-11(16(18)19)8-12(7-10)21-9-13(17)20-14(2,3)4/h6-8,15H,5,9H2,1-4H3. The number of carbonyl (C=O) groups excluding carboxylic acids is 1. The Bertz CT molecular complexity index is 526. The molecule has 21 heavy (non-hydrogen) atoms. The SMILES string of the molecule is CCNc1cc(SCC(=O)OC(C)(C)C)cc([N+](=O)[O-])c1. The quantitative estimate of drug-likeness (QED) is 0.375. The molecular formula is C14H20N2O4S. The van der Waals surface area contributed by atoms with E-state index in [1.54, 1.807) is 26.8 Å². The van der Waals surface area contributed by atoms with Crippen LogP contribution < -0.4 is 5.32 Å². The van der Waals surface area contributed by atoms with Crippen molar-refractivity contribution < 1.29 is 14.5 Å². The summed E-state index contributed by atoms with van der Waals surface area (Å²) in [7, 11) is 0. The van der Waals surface area contributed by atoms with E-state index >= 15 is 0 Å². The highest BCUT2D eigenvalue weighted by Gasteiger charge is 2.17. The molecule has 0 heterocycles. The molecule has 0 aromatic heterocycles. The number of anilines is 1. The van der Waals surface area contributed by atoms with Crippen LogP contribution >= 0.6 is 11.8 Å². The van der Waals surface area contributed by atoms with Crippen LogP contribution in [0.2, 0.25) is 0 Å². The maximum Gasteiger partial charge on any atom is 0.316 e. The number of rotatable bonds is 6. The molecule has 1 rings (SSSR count). The van der Waals surface area contributed by atoms with E-state index in [-0.39, 0.29) is 17.4 Å². The van der Waals surface area contributed by atoms with Crippen LogP contribution in [-0.2, 0) is 9.53 Å². The molecule has 116 valence electrons.